The molecule has 0 aliphatic rings. The van der Waals surface area contributed by atoms with Gasteiger partial charge in [0.15, 0.2) is 0 Å². The number of hydrogen-bond donors (Lipinski definition) is 0. The molecule has 0 spiro atoms. The molecule has 0 saturated heterocycles. The zero-order chi connectivity index (χ0) is 12.1. The summed E-state index contributed by atoms with van der Waals surface area (Å²) in [6.45, 7) is -1.14. The van der Waals surface area contributed by atoms with Crippen LogP contribution >= 0.6 is 15.9 Å². The molecule has 0 aliphatic heterocycles. The number of carbonyl (C=O) groups excluding carboxylic acids is 1. The first-order valence-electron chi connectivity index (χ1n) is 3.95. The molecule has 0 radical (unpaired) electrons. The van der Waals surface area contributed by atoms with Crippen molar-refractivity contribution in [3.8, 4) is 0 Å². The Labute approximate surface area is 91.5 Å². The van der Waals surface area contributed by atoms with Crippen molar-refractivity contribution in [2.24, 2.45) is 0 Å². The maximum Gasteiger partial charge on any atom is 0.397 e. The molecule has 0 aliphatic carbocycles. The molecule has 0 bridgehead atoms. The zero-order valence-corrected chi connectivity index (χ0v) is 9.12. The van der Waals surface area contributed by atoms with Gasteiger partial charge in [-0.1, -0.05) is 15.9 Å². The lowest BCUT2D eigenvalue weighted by atomic mass is 10.3. The number of hydrogen-bond acceptors (Lipinski definition) is 1. The lowest BCUT2D eigenvalue weighted by molar-refractivity contribution is -0.162. The van der Waals surface area contributed by atoms with Gasteiger partial charge in [-0.3, -0.25) is 4.79 Å². The van der Waals surface area contributed by atoms with E-state index in [0.29, 0.717) is 4.90 Å². The van der Waals surface area contributed by atoms with Gasteiger partial charge >= 0.3 is 6.18 Å². The van der Waals surface area contributed by atoms with Crippen LogP contribution < -0.4 is 0 Å². The molecular formula is C7H9BrF5NO. The van der Waals surface area contributed by atoms with Gasteiger partial charge in [0.25, 0.3) is 6.43 Å². The van der Waals surface area contributed by atoms with E-state index in [1.165, 1.54) is 0 Å². The Morgan fingerprint density at radius 3 is 2.20 bits per heavy atom. The van der Waals surface area contributed by atoms with Gasteiger partial charge < -0.3 is 4.90 Å². The maximum absolute atomic E-state index is 11.9. The highest BCUT2D eigenvalue weighted by molar-refractivity contribution is 9.09. The third kappa shape index (κ3) is 7.52. The summed E-state index contributed by atoms with van der Waals surface area (Å²) in [6.07, 6.45) is -9.20. The second-order valence-corrected chi connectivity index (χ2v) is 3.50. The summed E-state index contributed by atoms with van der Waals surface area (Å²) < 4.78 is 59.2. The van der Waals surface area contributed by atoms with E-state index in [1.807, 2.05) is 0 Å². The van der Waals surface area contributed by atoms with Crippen molar-refractivity contribution in [1.82, 2.24) is 4.90 Å². The monoisotopic (exact) mass is 297 g/mol. The zero-order valence-electron chi connectivity index (χ0n) is 7.53. The lowest BCUT2D eigenvalue weighted by Crippen LogP contribution is -2.38. The first-order valence-corrected chi connectivity index (χ1v) is 5.07. The second kappa shape index (κ2) is 6.24. The van der Waals surface area contributed by atoms with Crippen LogP contribution in [-0.2, 0) is 4.79 Å². The molecular weight excluding hydrogens is 289 g/mol. The minimum Gasteiger partial charge on any atom is -0.336 e. The van der Waals surface area contributed by atoms with E-state index >= 15 is 0 Å². The fraction of sp³-hybridized carbons (Fsp3) is 0.857. The van der Waals surface area contributed by atoms with Crippen molar-refractivity contribution in [3.05, 3.63) is 0 Å². The number of rotatable bonds is 5. The van der Waals surface area contributed by atoms with Crippen LogP contribution in [0.25, 0.3) is 0 Å². The fourth-order valence-corrected chi connectivity index (χ4v) is 1.30. The van der Waals surface area contributed by atoms with Gasteiger partial charge in [-0.15, -0.1) is 0 Å². The molecule has 0 aromatic carbocycles. The molecule has 8 heteroatoms. The molecule has 0 aromatic rings. The molecule has 0 unspecified atom stereocenters. The second-order valence-electron chi connectivity index (χ2n) is 2.71. The van der Waals surface area contributed by atoms with Crippen LogP contribution in [0.3, 0.4) is 0 Å². The summed E-state index contributed by atoms with van der Waals surface area (Å²) in [7, 11) is 0. The molecule has 0 rings (SSSR count). The summed E-state index contributed by atoms with van der Waals surface area (Å²) in [6, 6.07) is 0. The number of amides is 1. The maximum atomic E-state index is 11.9. The largest absolute Gasteiger partial charge is 0.397 e. The highest BCUT2D eigenvalue weighted by Crippen LogP contribution is 2.20. The van der Waals surface area contributed by atoms with Crippen LogP contribution in [-0.4, -0.2) is 41.8 Å². The molecule has 0 N–H and O–H groups in total. The first kappa shape index (κ1) is 14.6. The summed E-state index contributed by atoms with van der Waals surface area (Å²) in [5.41, 5.74) is 0. The number of halogens is 6. The number of alkyl halides is 6. The quantitative estimate of drug-likeness (QED) is 0.564. The highest BCUT2D eigenvalue weighted by Gasteiger charge is 2.33. The molecule has 2 nitrogen and oxygen atoms in total. The van der Waals surface area contributed by atoms with Crippen molar-refractivity contribution in [3.63, 3.8) is 0 Å². The molecule has 0 saturated carbocycles. The van der Waals surface area contributed by atoms with Gasteiger partial charge in [-0.25, -0.2) is 8.78 Å². The van der Waals surface area contributed by atoms with Crippen LogP contribution in [0.15, 0.2) is 0 Å². The Hall–Kier alpha value is -0.400. The van der Waals surface area contributed by atoms with Gasteiger partial charge in [0.1, 0.15) is 6.42 Å². The summed E-state index contributed by atoms with van der Waals surface area (Å²) in [4.78, 5) is 11.4. The third-order valence-corrected chi connectivity index (χ3v) is 1.77. The average Bonchev–Trinajstić information content (AvgIpc) is 1.99. The van der Waals surface area contributed by atoms with E-state index < -0.39 is 31.5 Å². The third-order valence-electron chi connectivity index (χ3n) is 1.42. The average molecular weight is 298 g/mol. The van der Waals surface area contributed by atoms with Crippen LogP contribution in [0.5, 0.6) is 0 Å². The van der Waals surface area contributed by atoms with Gasteiger partial charge in [0.2, 0.25) is 5.91 Å². The molecule has 1 amide bonds. The lowest BCUT2D eigenvalue weighted by Gasteiger charge is -2.21. The summed E-state index contributed by atoms with van der Waals surface area (Å²) in [5.74, 6) is -1.33. The van der Waals surface area contributed by atoms with Gasteiger partial charge in [0, 0.05) is 11.9 Å². The van der Waals surface area contributed by atoms with E-state index in [-0.39, 0.29) is 11.9 Å². The minimum atomic E-state index is -4.66. The van der Waals surface area contributed by atoms with Crippen molar-refractivity contribution >= 4 is 21.8 Å². The van der Waals surface area contributed by atoms with Crippen LogP contribution in [0, 0.1) is 0 Å². The summed E-state index contributed by atoms with van der Waals surface area (Å²) in [5, 5.41) is 0.156. The Balaban J connectivity index is 4.28. The van der Waals surface area contributed by atoms with Crippen molar-refractivity contribution in [2.75, 3.05) is 18.4 Å². The predicted octanol–water partition coefficient (Wildman–Crippen LogP) is 2.43. The smallest absolute Gasteiger partial charge is 0.336 e. The fourth-order valence-electron chi connectivity index (χ4n) is 0.870. The van der Waals surface area contributed by atoms with Gasteiger partial charge in [-0.2, -0.15) is 13.2 Å². The van der Waals surface area contributed by atoms with Crippen LogP contribution in [0.4, 0.5) is 22.0 Å². The number of carbonyl (C=O) groups is 1. The van der Waals surface area contributed by atoms with Crippen molar-refractivity contribution in [2.45, 2.75) is 19.0 Å². The highest BCUT2D eigenvalue weighted by atomic mass is 79.9. The van der Waals surface area contributed by atoms with E-state index in [4.69, 9.17) is 0 Å². The molecule has 0 heterocycles. The Morgan fingerprint density at radius 2 is 1.87 bits per heavy atom. The molecule has 0 fully saturated rings. The normalized spacial score (nSPS) is 11.9. The molecule has 0 aromatic heterocycles. The molecule has 0 atom stereocenters. The van der Waals surface area contributed by atoms with E-state index in [0.717, 1.165) is 0 Å². The van der Waals surface area contributed by atoms with Crippen LogP contribution in [0.1, 0.15) is 6.42 Å². The Bertz CT molecular complexity index is 208. The summed E-state index contributed by atoms with van der Waals surface area (Å²) >= 11 is 2.87. The predicted molar refractivity (Wildman–Crippen MR) is 47.1 cm³/mol. The van der Waals surface area contributed by atoms with Gasteiger partial charge in [-0.05, 0) is 0 Å². The Kier molecular flexibility index (Phi) is 6.07. The van der Waals surface area contributed by atoms with Crippen molar-refractivity contribution < 1.29 is 26.7 Å². The van der Waals surface area contributed by atoms with Crippen LogP contribution in [0.2, 0.25) is 0 Å². The van der Waals surface area contributed by atoms with Gasteiger partial charge in [0.05, 0.1) is 6.54 Å². The SMILES string of the molecule is O=C(CC(F)(F)F)N(CCBr)CC(F)F. The first-order chi connectivity index (χ1) is 6.76. The van der Waals surface area contributed by atoms with E-state index in [1.54, 1.807) is 0 Å². The topological polar surface area (TPSA) is 20.3 Å². The van der Waals surface area contributed by atoms with E-state index in [9.17, 15) is 26.7 Å². The standard InChI is InChI=1S/C7H9BrF5NO/c8-1-2-14(4-5(9)10)6(15)3-7(11,12)13/h5H,1-4H2. The molecule has 15 heavy (non-hydrogen) atoms. The minimum absolute atomic E-state index is 0.156. The van der Waals surface area contributed by atoms with Crippen molar-refractivity contribution in [1.29, 1.82) is 0 Å². The number of nitrogens with zero attached hydrogens (tertiary/aromatic N) is 1. The Morgan fingerprint density at radius 1 is 1.33 bits per heavy atom. The van der Waals surface area contributed by atoms with E-state index in [2.05, 4.69) is 15.9 Å². The molecule has 90 valence electrons.